The summed E-state index contributed by atoms with van der Waals surface area (Å²) in [4.78, 5) is 10.4. The molecule has 12 heavy (non-hydrogen) atoms. The largest absolute Gasteiger partial charge is 0.505 e. The Hall–Kier alpha value is -1.58. The van der Waals surface area contributed by atoms with Crippen molar-refractivity contribution >= 4 is 5.97 Å². The molecule has 0 bridgehead atoms. The molecule has 0 amide bonds. The predicted molar refractivity (Wildman–Crippen MR) is 39.8 cm³/mol. The topological polar surface area (TPSA) is 57.5 Å². The van der Waals surface area contributed by atoms with E-state index in [-0.39, 0.29) is 11.1 Å². The molecule has 1 rings (SSSR count). The van der Waals surface area contributed by atoms with E-state index in [4.69, 9.17) is 10.2 Å². The van der Waals surface area contributed by atoms with E-state index in [2.05, 4.69) is 0 Å². The number of hydrogen-bond donors (Lipinski definition) is 2. The van der Waals surface area contributed by atoms with Gasteiger partial charge >= 0.3 is 5.97 Å². The molecule has 0 saturated heterocycles. The molecule has 0 aliphatic heterocycles. The van der Waals surface area contributed by atoms with Crippen LogP contribution in [-0.4, -0.2) is 16.2 Å². The Kier molecular flexibility index (Phi) is 1.99. The second-order valence-electron chi connectivity index (χ2n) is 2.43. The van der Waals surface area contributed by atoms with Gasteiger partial charge in [-0.25, -0.2) is 9.18 Å². The molecule has 3 nitrogen and oxygen atoms in total. The van der Waals surface area contributed by atoms with Crippen LogP contribution in [0.3, 0.4) is 0 Å². The number of phenols is 1. The van der Waals surface area contributed by atoms with Gasteiger partial charge in [0.2, 0.25) is 0 Å². The van der Waals surface area contributed by atoms with Crippen molar-refractivity contribution in [3.05, 3.63) is 29.1 Å². The Morgan fingerprint density at radius 1 is 1.50 bits per heavy atom. The number of phenolic OH excluding ortho intramolecular Hbond substituents is 1. The smallest absolute Gasteiger partial charge is 0.335 e. The van der Waals surface area contributed by atoms with Crippen molar-refractivity contribution in [2.24, 2.45) is 0 Å². The first kappa shape index (κ1) is 8.52. The molecule has 2 N–H and O–H groups in total. The van der Waals surface area contributed by atoms with Gasteiger partial charge in [0.1, 0.15) is 0 Å². The molecule has 0 aromatic heterocycles. The van der Waals surface area contributed by atoms with Crippen LogP contribution >= 0.6 is 0 Å². The Balaban J connectivity index is 3.31. The molecule has 0 heterocycles. The lowest BCUT2D eigenvalue weighted by molar-refractivity contribution is 0.0696. The standard InChI is InChI=1S/C8H7FO3/c1-4-2-5(8(11)12)3-6(9)7(4)10/h2-3,10H,1H3,(H,11,12). The van der Waals surface area contributed by atoms with Crippen molar-refractivity contribution in [1.29, 1.82) is 0 Å². The van der Waals surface area contributed by atoms with Gasteiger partial charge in [-0.2, -0.15) is 0 Å². The minimum atomic E-state index is -1.21. The molecule has 0 aliphatic rings. The Morgan fingerprint density at radius 3 is 2.50 bits per heavy atom. The molecule has 64 valence electrons. The van der Waals surface area contributed by atoms with Gasteiger partial charge in [0.05, 0.1) is 5.56 Å². The zero-order chi connectivity index (χ0) is 9.30. The summed E-state index contributed by atoms with van der Waals surface area (Å²) in [6, 6.07) is 1.99. The number of carboxylic acids is 1. The maximum Gasteiger partial charge on any atom is 0.335 e. The molecule has 0 spiro atoms. The van der Waals surface area contributed by atoms with E-state index in [0.29, 0.717) is 0 Å². The van der Waals surface area contributed by atoms with Gasteiger partial charge in [-0.3, -0.25) is 0 Å². The van der Waals surface area contributed by atoms with Crippen molar-refractivity contribution in [3.63, 3.8) is 0 Å². The van der Waals surface area contributed by atoms with Gasteiger partial charge in [-0.05, 0) is 24.6 Å². The average molecular weight is 170 g/mol. The number of halogens is 1. The van der Waals surface area contributed by atoms with E-state index in [1.54, 1.807) is 0 Å². The summed E-state index contributed by atoms with van der Waals surface area (Å²) in [6.45, 7) is 1.44. The summed E-state index contributed by atoms with van der Waals surface area (Å²) >= 11 is 0. The van der Waals surface area contributed by atoms with E-state index in [1.165, 1.54) is 13.0 Å². The normalized spacial score (nSPS) is 9.83. The van der Waals surface area contributed by atoms with Crippen LogP contribution < -0.4 is 0 Å². The van der Waals surface area contributed by atoms with Gasteiger partial charge in [-0.15, -0.1) is 0 Å². The van der Waals surface area contributed by atoms with Crippen molar-refractivity contribution in [3.8, 4) is 5.75 Å². The average Bonchev–Trinajstić information content (AvgIpc) is 1.99. The number of benzene rings is 1. The number of carbonyl (C=O) groups is 1. The van der Waals surface area contributed by atoms with E-state index >= 15 is 0 Å². The van der Waals surface area contributed by atoms with Gasteiger partial charge in [-0.1, -0.05) is 0 Å². The summed E-state index contributed by atoms with van der Waals surface area (Å²) in [6.07, 6.45) is 0. The van der Waals surface area contributed by atoms with Gasteiger partial charge in [0.15, 0.2) is 11.6 Å². The lowest BCUT2D eigenvalue weighted by Gasteiger charge is -2.01. The third kappa shape index (κ3) is 1.37. The van der Waals surface area contributed by atoms with Gasteiger partial charge < -0.3 is 10.2 Å². The van der Waals surface area contributed by atoms with E-state index < -0.39 is 17.5 Å². The summed E-state index contributed by atoms with van der Waals surface area (Å²) in [7, 11) is 0. The van der Waals surface area contributed by atoms with E-state index in [9.17, 15) is 9.18 Å². The second kappa shape index (κ2) is 2.81. The SMILES string of the molecule is Cc1cc(C(=O)O)cc(F)c1O. The van der Waals surface area contributed by atoms with Crippen LogP contribution in [0.5, 0.6) is 5.75 Å². The first-order chi connectivity index (χ1) is 5.52. The van der Waals surface area contributed by atoms with Crippen LogP contribution in [0.15, 0.2) is 12.1 Å². The van der Waals surface area contributed by atoms with Gasteiger partial charge in [0, 0.05) is 0 Å². The minimum Gasteiger partial charge on any atom is -0.505 e. The monoisotopic (exact) mass is 170 g/mol. The first-order valence-corrected chi connectivity index (χ1v) is 3.25. The summed E-state index contributed by atoms with van der Waals surface area (Å²) in [5.74, 6) is -2.62. The zero-order valence-corrected chi connectivity index (χ0v) is 6.34. The van der Waals surface area contributed by atoms with E-state index in [1.807, 2.05) is 0 Å². The zero-order valence-electron chi connectivity index (χ0n) is 6.34. The highest BCUT2D eigenvalue weighted by Gasteiger charge is 2.10. The minimum absolute atomic E-state index is 0.164. The fourth-order valence-electron chi connectivity index (χ4n) is 0.860. The van der Waals surface area contributed by atoms with Crippen LogP contribution in [0.1, 0.15) is 15.9 Å². The maximum absolute atomic E-state index is 12.7. The molecular weight excluding hydrogens is 163 g/mol. The summed E-state index contributed by atoms with van der Waals surface area (Å²) < 4.78 is 12.7. The van der Waals surface area contributed by atoms with Gasteiger partial charge in [0.25, 0.3) is 0 Å². The number of aromatic hydroxyl groups is 1. The molecule has 4 heteroatoms. The van der Waals surface area contributed by atoms with Crippen molar-refractivity contribution in [1.82, 2.24) is 0 Å². The van der Waals surface area contributed by atoms with Crippen LogP contribution in [0.25, 0.3) is 0 Å². The summed E-state index contributed by atoms with van der Waals surface area (Å²) in [5, 5.41) is 17.4. The fourth-order valence-corrected chi connectivity index (χ4v) is 0.860. The first-order valence-electron chi connectivity index (χ1n) is 3.25. The molecule has 0 fully saturated rings. The quantitative estimate of drug-likeness (QED) is 0.672. The summed E-state index contributed by atoms with van der Waals surface area (Å²) in [5.41, 5.74) is 0.0511. The third-order valence-corrected chi connectivity index (χ3v) is 1.50. The number of rotatable bonds is 1. The number of aryl methyl sites for hydroxylation is 1. The van der Waals surface area contributed by atoms with E-state index in [0.717, 1.165) is 6.07 Å². The highest BCUT2D eigenvalue weighted by Crippen LogP contribution is 2.21. The maximum atomic E-state index is 12.7. The molecule has 0 unspecified atom stereocenters. The molecule has 0 radical (unpaired) electrons. The fraction of sp³-hybridized carbons (Fsp3) is 0.125. The highest BCUT2D eigenvalue weighted by atomic mass is 19.1. The van der Waals surface area contributed by atoms with Crippen LogP contribution in [0, 0.1) is 12.7 Å². The van der Waals surface area contributed by atoms with Crippen LogP contribution in [0.4, 0.5) is 4.39 Å². The lowest BCUT2D eigenvalue weighted by Crippen LogP contribution is -1.97. The van der Waals surface area contributed by atoms with Crippen molar-refractivity contribution in [2.45, 2.75) is 6.92 Å². The third-order valence-electron chi connectivity index (χ3n) is 1.50. The Labute approximate surface area is 68.1 Å². The highest BCUT2D eigenvalue weighted by molar-refractivity contribution is 5.88. The van der Waals surface area contributed by atoms with Crippen LogP contribution in [0.2, 0.25) is 0 Å². The van der Waals surface area contributed by atoms with Crippen molar-refractivity contribution in [2.75, 3.05) is 0 Å². The Bertz CT molecular complexity index is 310. The van der Waals surface area contributed by atoms with Crippen molar-refractivity contribution < 1.29 is 19.4 Å². The number of aromatic carboxylic acids is 1. The molecule has 0 saturated carbocycles. The predicted octanol–water partition coefficient (Wildman–Crippen LogP) is 1.54. The second-order valence-corrected chi connectivity index (χ2v) is 2.43. The molecular formula is C8H7FO3. The van der Waals surface area contributed by atoms with Crippen LogP contribution in [-0.2, 0) is 0 Å². The number of carboxylic acid groups (broad SMARTS) is 1. The lowest BCUT2D eigenvalue weighted by atomic mass is 10.1. The number of hydrogen-bond acceptors (Lipinski definition) is 2. The Morgan fingerprint density at radius 2 is 2.08 bits per heavy atom. The molecule has 0 atom stereocenters. The molecule has 1 aromatic rings. The molecule has 1 aromatic carbocycles. The molecule has 0 aliphatic carbocycles.